The van der Waals surface area contributed by atoms with E-state index in [1.165, 1.54) is 0 Å². The number of hydrogen-bond donors (Lipinski definition) is 1. The number of para-hydroxylation sites is 2. The number of aliphatic hydroxyl groups excluding tert-OH is 1. The Morgan fingerprint density at radius 1 is 1.26 bits per heavy atom. The molecule has 2 heterocycles. The standard InChI is InChI=1S/C14H16N4O/c1-17-8-11(15-9-17)13(19)7-14-16-10-5-3-4-6-12(10)18(14)2/h3-6,8-9,13,19H,7H2,1-2H3. The molecule has 0 saturated heterocycles. The van der Waals surface area contributed by atoms with Crippen molar-refractivity contribution < 1.29 is 5.11 Å². The molecule has 0 radical (unpaired) electrons. The van der Waals surface area contributed by atoms with Gasteiger partial charge in [-0.3, -0.25) is 0 Å². The third kappa shape index (κ3) is 2.13. The molecule has 0 amide bonds. The van der Waals surface area contributed by atoms with Gasteiger partial charge in [-0.05, 0) is 12.1 Å². The predicted molar refractivity (Wildman–Crippen MR) is 72.6 cm³/mol. The molecule has 98 valence electrons. The molecule has 0 bridgehead atoms. The van der Waals surface area contributed by atoms with Crippen molar-refractivity contribution in [1.82, 2.24) is 19.1 Å². The van der Waals surface area contributed by atoms with Crippen molar-refractivity contribution in [2.45, 2.75) is 12.5 Å². The number of benzene rings is 1. The van der Waals surface area contributed by atoms with Crippen molar-refractivity contribution in [2.24, 2.45) is 14.1 Å². The van der Waals surface area contributed by atoms with E-state index >= 15 is 0 Å². The fourth-order valence-corrected chi connectivity index (χ4v) is 2.26. The number of aromatic nitrogens is 4. The summed E-state index contributed by atoms with van der Waals surface area (Å²) >= 11 is 0. The summed E-state index contributed by atoms with van der Waals surface area (Å²) in [7, 11) is 3.86. The summed E-state index contributed by atoms with van der Waals surface area (Å²) in [5, 5.41) is 10.2. The Morgan fingerprint density at radius 3 is 2.74 bits per heavy atom. The van der Waals surface area contributed by atoms with Gasteiger partial charge in [0.15, 0.2) is 0 Å². The molecular weight excluding hydrogens is 240 g/mol. The van der Waals surface area contributed by atoms with E-state index in [9.17, 15) is 5.11 Å². The Labute approximate surface area is 111 Å². The van der Waals surface area contributed by atoms with Crippen LogP contribution in [0.2, 0.25) is 0 Å². The molecule has 0 spiro atoms. The molecule has 0 aliphatic carbocycles. The van der Waals surface area contributed by atoms with E-state index in [0.29, 0.717) is 12.1 Å². The van der Waals surface area contributed by atoms with Crippen molar-refractivity contribution in [3.63, 3.8) is 0 Å². The maximum atomic E-state index is 10.2. The Balaban J connectivity index is 1.91. The predicted octanol–water partition coefficient (Wildman–Crippen LogP) is 1.58. The van der Waals surface area contributed by atoms with Gasteiger partial charge in [-0.25, -0.2) is 9.97 Å². The van der Waals surface area contributed by atoms with Crippen LogP contribution in [0.1, 0.15) is 17.6 Å². The second-order valence-electron chi connectivity index (χ2n) is 4.76. The normalized spacial score (nSPS) is 13.0. The quantitative estimate of drug-likeness (QED) is 0.774. The summed E-state index contributed by atoms with van der Waals surface area (Å²) in [6.45, 7) is 0. The van der Waals surface area contributed by atoms with Gasteiger partial charge >= 0.3 is 0 Å². The molecule has 1 unspecified atom stereocenters. The molecule has 5 nitrogen and oxygen atoms in total. The first kappa shape index (κ1) is 11.9. The van der Waals surface area contributed by atoms with Gasteiger partial charge in [-0.2, -0.15) is 0 Å². The van der Waals surface area contributed by atoms with Crippen molar-refractivity contribution >= 4 is 11.0 Å². The maximum absolute atomic E-state index is 10.2. The highest BCUT2D eigenvalue weighted by Crippen LogP contribution is 2.19. The van der Waals surface area contributed by atoms with E-state index in [1.807, 2.05) is 53.7 Å². The van der Waals surface area contributed by atoms with Gasteiger partial charge in [-0.15, -0.1) is 0 Å². The number of nitrogens with zero attached hydrogens (tertiary/aromatic N) is 4. The van der Waals surface area contributed by atoms with Crippen LogP contribution < -0.4 is 0 Å². The van der Waals surface area contributed by atoms with Gasteiger partial charge < -0.3 is 14.2 Å². The van der Waals surface area contributed by atoms with Gasteiger partial charge in [0.05, 0.1) is 23.1 Å². The monoisotopic (exact) mass is 256 g/mol. The Hall–Kier alpha value is -2.14. The van der Waals surface area contributed by atoms with E-state index in [2.05, 4.69) is 9.97 Å². The third-order valence-electron chi connectivity index (χ3n) is 3.32. The van der Waals surface area contributed by atoms with Crippen molar-refractivity contribution in [3.8, 4) is 0 Å². The fraction of sp³-hybridized carbons (Fsp3) is 0.286. The molecule has 0 saturated carbocycles. The number of aryl methyl sites for hydroxylation is 2. The summed E-state index contributed by atoms with van der Waals surface area (Å²) in [6, 6.07) is 7.96. The molecule has 1 aromatic carbocycles. The van der Waals surface area contributed by atoms with Crippen LogP contribution in [0.15, 0.2) is 36.8 Å². The highest BCUT2D eigenvalue weighted by atomic mass is 16.3. The van der Waals surface area contributed by atoms with Gasteiger partial charge in [0.25, 0.3) is 0 Å². The molecule has 3 rings (SSSR count). The molecular formula is C14H16N4O. The Kier molecular flexibility index (Phi) is 2.83. The van der Waals surface area contributed by atoms with Gasteiger partial charge in [0.2, 0.25) is 0 Å². The average molecular weight is 256 g/mol. The van der Waals surface area contributed by atoms with Gasteiger partial charge in [-0.1, -0.05) is 12.1 Å². The van der Waals surface area contributed by atoms with Crippen LogP contribution in [0.4, 0.5) is 0 Å². The number of aliphatic hydroxyl groups is 1. The topological polar surface area (TPSA) is 55.9 Å². The molecule has 1 atom stereocenters. The Morgan fingerprint density at radius 2 is 2.05 bits per heavy atom. The summed E-state index contributed by atoms with van der Waals surface area (Å²) in [4.78, 5) is 8.72. The van der Waals surface area contributed by atoms with Crippen LogP contribution in [-0.4, -0.2) is 24.2 Å². The van der Waals surface area contributed by atoms with Crippen LogP contribution in [0.5, 0.6) is 0 Å². The second kappa shape index (κ2) is 4.51. The lowest BCUT2D eigenvalue weighted by Crippen LogP contribution is -2.07. The SMILES string of the molecule is Cn1cnc(C(O)Cc2nc3ccccc3n2C)c1. The largest absolute Gasteiger partial charge is 0.386 e. The number of imidazole rings is 2. The molecule has 2 aromatic heterocycles. The zero-order valence-corrected chi connectivity index (χ0v) is 11.0. The fourth-order valence-electron chi connectivity index (χ4n) is 2.26. The van der Waals surface area contributed by atoms with E-state index < -0.39 is 6.10 Å². The first-order valence-corrected chi connectivity index (χ1v) is 6.21. The third-order valence-corrected chi connectivity index (χ3v) is 3.32. The lowest BCUT2D eigenvalue weighted by Gasteiger charge is -2.07. The minimum Gasteiger partial charge on any atom is -0.386 e. The van der Waals surface area contributed by atoms with E-state index in [-0.39, 0.29) is 0 Å². The zero-order chi connectivity index (χ0) is 13.4. The highest BCUT2D eigenvalue weighted by molar-refractivity contribution is 5.75. The molecule has 0 fully saturated rings. The second-order valence-corrected chi connectivity index (χ2v) is 4.76. The average Bonchev–Trinajstić information content (AvgIpc) is 2.96. The lowest BCUT2D eigenvalue weighted by molar-refractivity contribution is 0.170. The molecule has 5 heteroatoms. The first-order chi connectivity index (χ1) is 9.15. The number of rotatable bonds is 3. The van der Waals surface area contributed by atoms with Crippen molar-refractivity contribution in [1.29, 1.82) is 0 Å². The molecule has 1 N–H and O–H groups in total. The highest BCUT2D eigenvalue weighted by Gasteiger charge is 2.15. The van der Waals surface area contributed by atoms with Crippen LogP contribution in [0.3, 0.4) is 0 Å². The minimum absolute atomic E-state index is 0.461. The van der Waals surface area contributed by atoms with Crippen LogP contribution in [0.25, 0.3) is 11.0 Å². The summed E-state index contributed by atoms with van der Waals surface area (Å²) in [5.74, 6) is 0.861. The maximum Gasteiger partial charge on any atom is 0.112 e. The smallest absolute Gasteiger partial charge is 0.112 e. The molecule has 0 aliphatic heterocycles. The van der Waals surface area contributed by atoms with Crippen LogP contribution in [0, 0.1) is 0 Å². The number of fused-ring (bicyclic) bond motifs is 1. The van der Waals surface area contributed by atoms with Crippen LogP contribution in [-0.2, 0) is 20.5 Å². The van der Waals surface area contributed by atoms with E-state index in [1.54, 1.807) is 6.33 Å². The summed E-state index contributed by atoms with van der Waals surface area (Å²) in [5.41, 5.74) is 2.70. The van der Waals surface area contributed by atoms with E-state index in [4.69, 9.17) is 0 Å². The molecule has 0 aliphatic rings. The van der Waals surface area contributed by atoms with Crippen LogP contribution >= 0.6 is 0 Å². The Bertz CT molecular complexity index is 713. The van der Waals surface area contributed by atoms with Gasteiger partial charge in [0, 0.05) is 26.7 Å². The van der Waals surface area contributed by atoms with Crippen molar-refractivity contribution in [2.75, 3.05) is 0 Å². The first-order valence-electron chi connectivity index (χ1n) is 6.21. The molecule has 3 aromatic rings. The minimum atomic E-state index is -0.628. The molecule has 19 heavy (non-hydrogen) atoms. The zero-order valence-electron chi connectivity index (χ0n) is 11.0. The van der Waals surface area contributed by atoms with Gasteiger partial charge in [0.1, 0.15) is 11.9 Å². The summed E-state index contributed by atoms with van der Waals surface area (Å²) in [6.07, 6.45) is 3.35. The lowest BCUT2D eigenvalue weighted by atomic mass is 10.2. The summed E-state index contributed by atoms with van der Waals surface area (Å²) < 4.78 is 3.84. The van der Waals surface area contributed by atoms with Crippen molar-refractivity contribution in [3.05, 3.63) is 48.3 Å². The van der Waals surface area contributed by atoms with E-state index in [0.717, 1.165) is 16.9 Å². The number of hydrogen-bond acceptors (Lipinski definition) is 3.